The van der Waals surface area contributed by atoms with E-state index in [1.165, 1.54) is 19.4 Å². The molecule has 5 N–H and O–H groups in total. The van der Waals surface area contributed by atoms with Gasteiger partial charge in [0.15, 0.2) is 10.8 Å². The number of amides is 3. The van der Waals surface area contributed by atoms with Gasteiger partial charge in [-0.1, -0.05) is 11.3 Å². The highest BCUT2D eigenvalue weighted by molar-refractivity contribution is 7.20. The molecule has 0 fully saturated rings. The highest BCUT2D eigenvalue weighted by Gasteiger charge is 2.19. The van der Waals surface area contributed by atoms with Crippen LogP contribution in [0.25, 0.3) is 0 Å². The molecule has 178 valence electrons. The first-order chi connectivity index (χ1) is 16.0. The number of carbonyl (C=O) groups is 3. The zero-order valence-electron chi connectivity index (χ0n) is 19.0. The Hall–Kier alpha value is -4.19. The van der Waals surface area contributed by atoms with E-state index < -0.39 is 23.4 Å². The maximum absolute atomic E-state index is 12.6. The van der Waals surface area contributed by atoms with E-state index in [0.717, 1.165) is 11.3 Å². The molecule has 0 aliphatic carbocycles. The first-order valence-corrected chi connectivity index (χ1v) is 10.8. The van der Waals surface area contributed by atoms with E-state index in [0.29, 0.717) is 22.1 Å². The molecular weight excluding hydrogens is 460 g/mol. The molecule has 3 rings (SSSR count). The third-order valence-electron chi connectivity index (χ3n) is 4.10. The van der Waals surface area contributed by atoms with Gasteiger partial charge in [-0.15, -0.1) is 0 Å². The van der Waals surface area contributed by atoms with Crippen molar-refractivity contribution < 1.29 is 23.9 Å². The van der Waals surface area contributed by atoms with E-state index in [2.05, 4.69) is 25.9 Å². The van der Waals surface area contributed by atoms with Crippen LogP contribution in [0, 0.1) is 0 Å². The number of ether oxygens (including phenoxy) is 2. The van der Waals surface area contributed by atoms with E-state index in [1.54, 1.807) is 30.3 Å². The lowest BCUT2D eigenvalue weighted by molar-refractivity contribution is 0.0997. The van der Waals surface area contributed by atoms with Gasteiger partial charge in [-0.2, -0.15) is 0 Å². The summed E-state index contributed by atoms with van der Waals surface area (Å²) in [5, 5.41) is 8.80. The smallest absolute Gasteiger partial charge is 0.414 e. The maximum Gasteiger partial charge on any atom is 0.414 e. The monoisotopic (exact) mass is 484 g/mol. The van der Waals surface area contributed by atoms with Crippen molar-refractivity contribution in [1.82, 2.24) is 15.3 Å². The molecule has 0 bridgehead atoms. The lowest BCUT2D eigenvalue weighted by Gasteiger charge is -2.19. The number of rotatable bonds is 7. The zero-order chi connectivity index (χ0) is 24.9. The van der Waals surface area contributed by atoms with Crippen LogP contribution >= 0.6 is 11.3 Å². The number of nitrogens with one attached hydrogen (secondary N) is 3. The Morgan fingerprint density at radius 3 is 2.32 bits per heavy atom. The Labute approximate surface area is 199 Å². The number of benzene rings is 1. The van der Waals surface area contributed by atoms with Crippen LogP contribution in [0.2, 0.25) is 0 Å². The lowest BCUT2D eigenvalue weighted by atomic mass is 10.1. The first kappa shape index (κ1) is 24.5. The molecule has 3 aromatic rings. The highest BCUT2D eigenvalue weighted by Crippen LogP contribution is 2.31. The Kier molecular flexibility index (Phi) is 7.31. The van der Waals surface area contributed by atoms with Crippen molar-refractivity contribution in [2.24, 2.45) is 5.73 Å². The topological polar surface area (TPSA) is 158 Å². The van der Waals surface area contributed by atoms with Crippen molar-refractivity contribution in [3.8, 4) is 11.6 Å². The molecule has 0 aliphatic rings. The number of methoxy groups -OCH3 is 1. The number of aromatic nitrogens is 2. The Morgan fingerprint density at radius 1 is 1.06 bits per heavy atom. The summed E-state index contributed by atoms with van der Waals surface area (Å²) in [4.78, 5) is 44.5. The van der Waals surface area contributed by atoms with Gasteiger partial charge in [0.05, 0.1) is 19.0 Å². The van der Waals surface area contributed by atoms with Crippen LogP contribution in [-0.2, 0) is 0 Å². The van der Waals surface area contributed by atoms with Crippen LogP contribution in [-0.4, -0.2) is 40.5 Å². The normalized spacial score (nSPS) is 10.8. The van der Waals surface area contributed by atoms with Gasteiger partial charge in [0.2, 0.25) is 5.88 Å². The molecule has 12 heteroatoms. The van der Waals surface area contributed by atoms with E-state index in [9.17, 15) is 14.4 Å². The van der Waals surface area contributed by atoms with Gasteiger partial charge in [0.25, 0.3) is 11.8 Å². The minimum absolute atomic E-state index is 0.0823. The second kappa shape index (κ2) is 10.2. The molecular formula is C22H24N6O5S. The molecule has 11 nitrogen and oxygen atoms in total. The zero-order valence-corrected chi connectivity index (χ0v) is 19.8. The van der Waals surface area contributed by atoms with Gasteiger partial charge in [-0.05, 0) is 51.1 Å². The van der Waals surface area contributed by atoms with E-state index in [1.807, 2.05) is 20.8 Å². The predicted molar refractivity (Wildman–Crippen MR) is 128 cm³/mol. The summed E-state index contributed by atoms with van der Waals surface area (Å²) in [6.45, 7) is 5.49. The number of nitrogens with two attached hydrogens (primary N) is 1. The summed E-state index contributed by atoms with van der Waals surface area (Å²) in [7, 11) is 1.53. The summed E-state index contributed by atoms with van der Waals surface area (Å²) < 4.78 is 10.2. The third kappa shape index (κ3) is 6.65. The fourth-order valence-electron chi connectivity index (χ4n) is 2.61. The van der Waals surface area contributed by atoms with Crippen molar-refractivity contribution in [3.63, 3.8) is 0 Å². The van der Waals surface area contributed by atoms with Gasteiger partial charge >= 0.3 is 6.09 Å². The number of carbonyl (C=O) groups excluding carboxylic acids is 3. The Bertz CT molecular complexity index is 1190. The first-order valence-electron chi connectivity index (χ1n) is 10.0. The van der Waals surface area contributed by atoms with Gasteiger partial charge in [-0.3, -0.25) is 9.59 Å². The largest absolute Gasteiger partial charge is 0.497 e. The number of pyridine rings is 1. The number of nitrogens with zero attached hydrogens (tertiary/aromatic N) is 2. The van der Waals surface area contributed by atoms with Gasteiger partial charge in [-0.25, -0.2) is 14.8 Å². The summed E-state index contributed by atoms with van der Waals surface area (Å²) in [6, 6.07) is 9.60. The number of anilines is 3. The molecule has 3 amide bonds. The molecule has 34 heavy (non-hydrogen) atoms. The SMILES string of the molecule is COc1ccc(C(=O)Nc2sc(Nc3ccc(OC(=O)NC(C)(C)C)nc3)nc2C(N)=O)cc1. The van der Waals surface area contributed by atoms with Crippen LogP contribution in [0.4, 0.5) is 20.6 Å². The highest BCUT2D eigenvalue weighted by atomic mass is 32.1. The van der Waals surface area contributed by atoms with Crippen molar-refractivity contribution >= 4 is 45.1 Å². The van der Waals surface area contributed by atoms with Gasteiger partial charge < -0.3 is 31.2 Å². The minimum Gasteiger partial charge on any atom is -0.497 e. The molecule has 0 unspecified atom stereocenters. The molecule has 0 atom stereocenters. The maximum atomic E-state index is 12.6. The Balaban J connectivity index is 1.69. The van der Waals surface area contributed by atoms with Crippen LogP contribution in [0.15, 0.2) is 42.6 Å². The second-order valence-corrected chi connectivity index (χ2v) is 9.02. The van der Waals surface area contributed by atoms with Crippen LogP contribution in [0.5, 0.6) is 11.6 Å². The van der Waals surface area contributed by atoms with Crippen molar-refractivity contribution in [3.05, 3.63) is 53.9 Å². The molecule has 2 heterocycles. The minimum atomic E-state index is -0.791. The van der Waals surface area contributed by atoms with E-state index in [-0.39, 0.29) is 16.6 Å². The summed E-state index contributed by atoms with van der Waals surface area (Å²) >= 11 is 1.03. The molecule has 0 aliphatic heterocycles. The average Bonchev–Trinajstić information content (AvgIpc) is 3.16. The van der Waals surface area contributed by atoms with E-state index in [4.69, 9.17) is 15.2 Å². The fourth-order valence-corrected chi connectivity index (χ4v) is 3.49. The van der Waals surface area contributed by atoms with Crippen LogP contribution < -0.4 is 31.2 Å². The third-order valence-corrected chi connectivity index (χ3v) is 4.99. The molecule has 2 aromatic heterocycles. The van der Waals surface area contributed by atoms with Crippen LogP contribution in [0.1, 0.15) is 41.6 Å². The molecule has 0 spiro atoms. The van der Waals surface area contributed by atoms with Gasteiger partial charge in [0, 0.05) is 17.2 Å². The number of primary amides is 1. The van der Waals surface area contributed by atoms with E-state index >= 15 is 0 Å². The molecule has 0 saturated carbocycles. The quantitative estimate of drug-likeness (QED) is 0.396. The molecule has 0 saturated heterocycles. The summed E-state index contributed by atoms with van der Waals surface area (Å²) in [6.07, 6.45) is 0.810. The molecule has 0 radical (unpaired) electrons. The number of hydrogen-bond donors (Lipinski definition) is 4. The number of hydrogen-bond acceptors (Lipinski definition) is 9. The fraction of sp³-hybridized carbons (Fsp3) is 0.227. The summed E-state index contributed by atoms with van der Waals surface area (Å²) in [5.41, 5.74) is 5.79. The van der Waals surface area contributed by atoms with Crippen LogP contribution in [0.3, 0.4) is 0 Å². The lowest BCUT2D eigenvalue weighted by Crippen LogP contribution is -2.42. The summed E-state index contributed by atoms with van der Waals surface area (Å²) in [5.74, 6) is -0.506. The molecule has 1 aromatic carbocycles. The number of thiazole rings is 1. The van der Waals surface area contributed by atoms with Crippen molar-refractivity contribution in [2.75, 3.05) is 17.7 Å². The second-order valence-electron chi connectivity index (χ2n) is 8.02. The standard InChI is InChI=1S/C22H24N6O5S/c1-22(2,3)28-21(31)33-15-10-7-13(11-24-15)25-20-26-16(17(23)29)19(34-20)27-18(30)12-5-8-14(32-4)9-6-12/h5-11H,1-4H3,(H2,23,29)(H,25,26)(H,27,30)(H,28,31). The van der Waals surface area contributed by atoms with Crippen molar-refractivity contribution in [2.45, 2.75) is 26.3 Å². The Morgan fingerprint density at radius 2 is 1.76 bits per heavy atom. The average molecular weight is 485 g/mol. The van der Waals surface area contributed by atoms with Crippen molar-refractivity contribution in [1.29, 1.82) is 0 Å². The van der Waals surface area contributed by atoms with Gasteiger partial charge in [0.1, 0.15) is 10.8 Å². The predicted octanol–water partition coefficient (Wildman–Crippen LogP) is 3.53.